The number of hydrogen-bond donors (Lipinski definition) is 1. The van der Waals surface area contributed by atoms with E-state index in [2.05, 4.69) is 12.2 Å². The maximum absolute atomic E-state index is 11.7. The van der Waals surface area contributed by atoms with Gasteiger partial charge in [-0.25, -0.2) is 0 Å². The molecule has 0 rings (SSSR count). The average molecular weight is 430 g/mol. The van der Waals surface area contributed by atoms with E-state index < -0.39 is 17.5 Å². The van der Waals surface area contributed by atoms with Gasteiger partial charge in [0.25, 0.3) is 0 Å². The van der Waals surface area contributed by atoms with E-state index in [0.29, 0.717) is 6.42 Å². The molecule has 0 saturated heterocycles. The van der Waals surface area contributed by atoms with Crippen molar-refractivity contribution in [2.24, 2.45) is 0 Å². The van der Waals surface area contributed by atoms with Gasteiger partial charge in [0.15, 0.2) is 0 Å². The number of nitrogens with one attached hydrogen (secondary N) is 1. The van der Waals surface area contributed by atoms with Crippen LogP contribution in [-0.2, 0) is 28.6 Å². The maximum atomic E-state index is 11.7. The van der Waals surface area contributed by atoms with E-state index in [1.54, 1.807) is 0 Å². The fourth-order valence-corrected chi connectivity index (χ4v) is 3.28. The lowest BCUT2D eigenvalue weighted by atomic mass is 9.93. The monoisotopic (exact) mass is 429 g/mol. The normalized spacial score (nSPS) is 11.2. The van der Waals surface area contributed by atoms with Gasteiger partial charge in [0.1, 0.15) is 18.8 Å². The Morgan fingerprint density at radius 3 is 1.63 bits per heavy atom. The van der Waals surface area contributed by atoms with Crippen molar-refractivity contribution in [3.63, 3.8) is 0 Å². The number of ether oxygens (including phenoxy) is 3. The van der Waals surface area contributed by atoms with Crippen LogP contribution in [0.15, 0.2) is 0 Å². The van der Waals surface area contributed by atoms with Gasteiger partial charge in [0.05, 0.1) is 0 Å². The predicted octanol–water partition coefficient (Wildman–Crippen LogP) is 4.32. The minimum Gasteiger partial charge on any atom is -0.463 e. The molecule has 0 radical (unpaired) electrons. The molecule has 0 aliphatic rings. The fourth-order valence-electron chi connectivity index (χ4n) is 3.28. The summed E-state index contributed by atoms with van der Waals surface area (Å²) in [6, 6.07) is 0. The topological polar surface area (TPSA) is 90.9 Å². The first-order valence-electron chi connectivity index (χ1n) is 11.4. The van der Waals surface area contributed by atoms with Gasteiger partial charge < -0.3 is 19.5 Å². The van der Waals surface area contributed by atoms with Gasteiger partial charge >= 0.3 is 11.9 Å². The van der Waals surface area contributed by atoms with E-state index in [-0.39, 0.29) is 19.1 Å². The summed E-state index contributed by atoms with van der Waals surface area (Å²) in [6.07, 6.45) is 11.9. The van der Waals surface area contributed by atoms with Crippen LogP contribution in [0.5, 0.6) is 0 Å². The number of hydrogen-bond acceptors (Lipinski definition) is 6. The highest BCUT2D eigenvalue weighted by Gasteiger charge is 2.33. The SMILES string of the molecule is CCCCCCCOCCCCCCCC(COC(C)=O)(COC(C)=O)NC(C)=O. The molecule has 1 amide bonds. The van der Waals surface area contributed by atoms with E-state index in [1.807, 2.05) is 0 Å². The van der Waals surface area contributed by atoms with Crippen molar-refractivity contribution >= 4 is 17.8 Å². The van der Waals surface area contributed by atoms with Gasteiger partial charge in [0, 0.05) is 34.0 Å². The van der Waals surface area contributed by atoms with Crippen molar-refractivity contribution in [1.82, 2.24) is 5.32 Å². The number of esters is 2. The Labute approximate surface area is 182 Å². The van der Waals surface area contributed by atoms with E-state index in [9.17, 15) is 14.4 Å². The maximum Gasteiger partial charge on any atom is 0.302 e. The molecule has 0 aliphatic heterocycles. The molecule has 0 aliphatic carbocycles. The third kappa shape index (κ3) is 17.2. The van der Waals surface area contributed by atoms with Crippen LogP contribution in [0, 0.1) is 0 Å². The first-order valence-corrected chi connectivity index (χ1v) is 11.4. The smallest absolute Gasteiger partial charge is 0.302 e. The van der Waals surface area contributed by atoms with Crippen LogP contribution in [-0.4, -0.2) is 49.8 Å². The molecule has 0 atom stereocenters. The summed E-state index contributed by atoms with van der Waals surface area (Å²) < 4.78 is 16.0. The summed E-state index contributed by atoms with van der Waals surface area (Å²) in [4.78, 5) is 34.2. The van der Waals surface area contributed by atoms with Crippen molar-refractivity contribution < 1.29 is 28.6 Å². The van der Waals surface area contributed by atoms with Gasteiger partial charge in [-0.3, -0.25) is 14.4 Å². The highest BCUT2D eigenvalue weighted by atomic mass is 16.5. The number of carbonyl (C=O) groups excluding carboxylic acids is 3. The molecule has 0 aromatic carbocycles. The first kappa shape index (κ1) is 28.4. The summed E-state index contributed by atoms with van der Waals surface area (Å²) in [7, 11) is 0. The molecule has 1 N–H and O–H groups in total. The van der Waals surface area contributed by atoms with E-state index in [4.69, 9.17) is 14.2 Å². The van der Waals surface area contributed by atoms with Crippen molar-refractivity contribution in [1.29, 1.82) is 0 Å². The Balaban J connectivity index is 4.14. The first-order chi connectivity index (χ1) is 14.3. The fraction of sp³-hybridized carbons (Fsp3) is 0.870. The molecule has 30 heavy (non-hydrogen) atoms. The van der Waals surface area contributed by atoms with Crippen LogP contribution < -0.4 is 5.32 Å². The van der Waals surface area contributed by atoms with Crippen LogP contribution in [0.4, 0.5) is 0 Å². The minimum absolute atomic E-state index is 0.0126. The Morgan fingerprint density at radius 1 is 0.700 bits per heavy atom. The van der Waals surface area contributed by atoms with Crippen molar-refractivity contribution in [2.75, 3.05) is 26.4 Å². The number of amides is 1. The van der Waals surface area contributed by atoms with Crippen molar-refractivity contribution in [3.8, 4) is 0 Å². The lowest BCUT2D eigenvalue weighted by molar-refractivity contribution is -0.150. The second-order valence-corrected chi connectivity index (χ2v) is 8.07. The Hall–Kier alpha value is -1.63. The number of unbranched alkanes of at least 4 members (excludes halogenated alkanes) is 8. The summed E-state index contributed by atoms with van der Waals surface area (Å²) in [6.45, 7) is 7.89. The Morgan fingerprint density at radius 2 is 1.17 bits per heavy atom. The second-order valence-electron chi connectivity index (χ2n) is 8.07. The lowest BCUT2D eigenvalue weighted by Gasteiger charge is -2.33. The summed E-state index contributed by atoms with van der Waals surface area (Å²) in [5.41, 5.74) is -0.885. The van der Waals surface area contributed by atoms with E-state index in [0.717, 1.165) is 51.7 Å². The van der Waals surface area contributed by atoms with Crippen LogP contribution >= 0.6 is 0 Å². The molecule has 0 aromatic rings. The van der Waals surface area contributed by atoms with Crippen LogP contribution in [0.2, 0.25) is 0 Å². The van der Waals surface area contributed by atoms with Crippen LogP contribution in [0.25, 0.3) is 0 Å². The van der Waals surface area contributed by atoms with Gasteiger partial charge in [-0.05, 0) is 19.3 Å². The zero-order valence-electron chi connectivity index (χ0n) is 19.6. The van der Waals surface area contributed by atoms with Crippen molar-refractivity contribution in [3.05, 3.63) is 0 Å². The molecular weight excluding hydrogens is 386 g/mol. The molecule has 7 heteroatoms. The molecule has 0 fully saturated rings. The van der Waals surface area contributed by atoms with Gasteiger partial charge in [-0.1, -0.05) is 58.3 Å². The standard InChI is InChI=1S/C23H43NO6/c1-5-6-7-10-13-16-28-17-14-11-8-9-12-15-23(24-20(2)25,18-29-21(3)26)19-30-22(4)27/h5-19H2,1-4H3,(H,24,25). The summed E-state index contributed by atoms with van der Waals surface area (Å²) in [5.74, 6) is -1.11. The number of rotatable bonds is 19. The molecule has 176 valence electrons. The predicted molar refractivity (Wildman–Crippen MR) is 117 cm³/mol. The zero-order valence-corrected chi connectivity index (χ0v) is 19.6. The molecule has 0 spiro atoms. The molecule has 7 nitrogen and oxygen atoms in total. The van der Waals surface area contributed by atoms with Crippen LogP contribution in [0.1, 0.15) is 98.3 Å². The molecule has 0 aromatic heterocycles. The lowest BCUT2D eigenvalue weighted by Crippen LogP contribution is -2.55. The molecule has 0 saturated carbocycles. The second kappa shape index (κ2) is 18.2. The largest absolute Gasteiger partial charge is 0.463 e. The highest BCUT2D eigenvalue weighted by Crippen LogP contribution is 2.19. The van der Waals surface area contributed by atoms with Gasteiger partial charge in [-0.15, -0.1) is 0 Å². The zero-order chi connectivity index (χ0) is 22.7. The molecule has 0 bridgehead atoms. The molecular formula is C23H43NO6. The van der Waals surface area contributed by atoms with Crippen LogP contribution in [0.3, 0.4) is 0 Å². The summed E-state index contributed by atoms with van der Waals surface area (Å²) in [5, 5.41) is 2.83. The molecule has 0 unspecified atom stereocenters. The summed E-state index contributed by atoms with van der Waals surface area (Å²) >= 11 is 0. The minimum atomic E-state index is -0.885. The Kier molecular flexibility index (Phi) is 17.2. The Bertz CT molecular complexity index is 462. The van der Waals surface area contributed by atoms with E-state index in [1.165, 1.54) is 46.5 Å². The van der Waals surface area contributed by atoms with E-state index >= 15 is 0 Å². The number of carbonyl (C=O) groups is 3. The van der Waals surface area contributed by atoms with Crippen molar-refractivity contribution in [2.45, 2.75) is 104 Å². The average Bonchev–Trinajstić information content (AvgIpc) is 2.67. The third-order valence-corrected chi connectivity index (χ3v) is 4.88. The van der Waals surface area contributed by atoms with Gasteiger partial charge in [0.2, 0.25) is 5.91 Å². The quantitative estimate of drug-likeness (QED) is 0.243. The highest BCUT2D eigenvalue weighted by molar-refractivity contribution is 5.74. The third-order valence-electron chi connectivity index (χ3n) is 4.88. The van der Waals surface area contributed by atoms with Gasteiger partial charge in [-0.2, -0.15) is 0 Å². The molecule has 0 heterocycles.